The maximum atomic E-state index is 14.0. The summed E-state index contributed by atoms with van der Waals surface area (Å²) in [5.41, 5.74) is 3.71. The van der Waals surface area contributed by atoms with Crippen molar-refractivity contribution in [3.05, 3.63) is 107 Å². The van der Waals surface area contributed by atoms with Crippen LogP contribution < -0.4 is 4.74 Å². The molecule has 164 valence electrons. The van der Waals surface area contributed by atoms with Crippen LogP contribution in [0, 0.1) is 0 Å². The van der Waals surface area contributed by atoms with Gasteiger partial charge in [0, 0.05) is 12.0 Å². The van der Waals surface area contributed by atoms with E-state index in [0.29, 0.717) is 42.2 Å². The van der Waals surface area contributed by atoms with Gasteiger partial charge in [-0.3, -0.25) is 4.79 Å². The Balaban J connectivity index is 1.41. The zero-order valence-electron chi connectivity index (χ0n) is 18.1. The van der Waals surface area contributed by atoms with E-state index in [4.69, 9.17) is 14.0 Å². The van der Waals surface area contributed by atoms with E-state index < -0.39 is 5.60 Å². The Morgan fingerprint density at radius 2 is 1.61 bits per heavy atom. The molecule has 1 heterocycles. The molecule has 5 heteroatoms. The first-order valence-corrected chi connectivity index (χ1v) is 11.3. The second-order valence-corrected chi connectivity index (χ2v) is 8.57. The third kappa shape index (κ3) is 3.28. The van der Waals surface area contributed by atoms with Crippen LogP contribution in [-0.4, -0.2) is 10.9 Å². The summed E-state index contributed by atoms with van der Waals surface area (Å²) in [5.74, 6) is 1.32. The van der Waals surface area contributed by atoms with Gasteiger partial charge in [-0.25, -0.2) is 0 Å². The van der Waals surface area contributed by atoms with E-state index in [1.807, 2.05) is 78.9 Å². The highest BCUT2D eigenvalue weighted by atomic mass is 16.5. The summed E-state index contributed by atoms with van der Waals surface area (Å²) in [6, 6.07) is 25.5. The Morgan fingerprint density at radius 1 is 0.879 bits per heavy atom. The summed E-state index contributed by atoms with van der Waals surface area (Å²) < 4.78 is 18.4. The van der Waals surface area contributed by atoms with Crippen LogP contribution in [0.15, 0.2) is 83.4 Å². The van der Waals surface area contributed by atoms with Crippen LogP contribution in [0.25, 0.3) is 11.3 Å². The van der Waals surface area contributed by atoms with E-state index in [1.165, 1.54) is 0 Å². The number of hydrogen-bond acceptors (Lipinski definition) is 5. The molecular formula is C28H23NO4. The highest BCUT2D eigenvalue weighted by molar-refractivity contribution is 6.12. The average Bonchev–Trinajstić information content (AvgIpc) is 3.31. The molecular weight excluding hydrogens is 414 g/mol. The summed E-state index contributed by atoms with van der Waals surface area (Å²) in [7, 11) is 0. The molecule has 1 unspecified atom stereocenters. The Morgan fingerprint density at radius 3 is 2.36 bits per heavy atom. The molecule has 0 N–H and O–H groups in total. The number of aromatic nitrogens is 1. The van der Waals surface area contributed by atoms with E-state index >= 15 is 0 Å². The Hall–Kier alpha value is -3.70. The van der Waals surface area contributed by atoms with Gasteiger partial charge in [0.1, 0.15) is 23.8 Å². The maximum absolute atomic E-state index is 14.0. The van der Waals surface area contributed by atoms with E-state index in [1.54, 1.807) is 0 Å². The predicted octanol–water partition coefficient (Wildman–Crippen LogP) is 5.87. The van der Waals surface area contributed by atoms with Crippen molar-refractivity contribution in [1.29, 1.82) is 0 Å². The van der Waals surface area contributed by atoms with Gasteiger partial charge in [0.2, 0.25) is 0 Å². The van der Waals surface area contributed by atoms with Crippen LogP contribution in [0.5, 0.6) is 5.75 Å². The van der Waals surface area contributed by atoms with Crippen molar-refractivity contribution in [3.8, 4) is 17.0 Å². The molecule has 33 heavy (non-hydrogen) atoms. The van der Waals surface area contributed by atoms with Gasteiger partial charge >= 0.3 is 0 Å². The minimum Gasteiger partial charge on any atom is -0.488 e. The number of hydrogen-bond donors (Lipinski definition) is 0. The number of carbonyl (C=O) groups is 1. The van der Waals surface area contributed by atoms with Crippen LogP contribution in [-0.2, 0) is 30.0 Å². The first-order valence-electron chi connectivity index (χ1n) is 11.3. The minimum absolute atomic E-state index is 0.0461. The van der Waals surface area contributed by atoms with Crippen LogP contribution in [0.3, 0.4) is 0 Å². The Kier molecular flexibility index (Phi) is 4.84. The number of aryl methyl sites for hydroxylation is 1. The van der Waals surface area contributed by atoms with Crippen LogP contribution in [0.4, 0.5) is 0 Å². The van der Waals surface area contributed by atoms with Crippen molar-refractivity contribution in [2.75, 3.05) is 0 Å². The molecule has 3 aromatic carbocycles. The molecule has 1 aromatic heterocycles. The molecule has 2 aliphatic rings. The fraction of sp³-hybridized carbons (Fsp3) is 0.214. The molecule has 0 saturated carbocycles. The molecule has 0 bridgehead atoms. The monoisotopic (exact) mass is 437 g/mol. The Bertz CT molecular complexity index is 1310. The molecule has 6 rings (SSSR count). The first kappa shape index (κ1) is 19.9. The number of benzene rings is 3. The Labute approximate surface area is 191 Å². The van der Waals surface area contributed by atoms with E-state index in [-0.39, 0.29) is 5.78 Å². The highest BCUT2D eigenvalue weighted by Gasteiger charge is 2.53. The quantitative estimate of drug-likeness (QED) is 0.378. The smallest absolute Gasteiger partial charge is 0.200 e. The summed E-state index contributed by atoms with van der Waals surface area (Å²) in [5, 5.41) is 4.42. The highest BCUT2D eigenvalue weighted by Crippen LogP contribution is 2.52. The van der Waals surface area contributed by atoms with Crippen molar-refractivity contribution < 1.29 is 18.8 Å². The molecule has 0 spiro atoms. The second kappa shape index (κ2) is 8.01. The fourth-order valence-electron chi connectivity index (χ4n) is 4.96. The van der Waals surface area contributed by atoms with Crippen molar-refractivity contribution in [2.45, 2.75) is 38.1 Å². The number of rotatable bonds is 6. The molecule has 4 aromatic rings. The standard InChI is InChI=1S/C28H23NO4/c30-27-21-13-7-14-22(31-17-19-9-3-1-4-10-19)24(21)26-25-23(33-29-26)15-8-16-28(25,27)32-18-20-11-5-2-6-12-20/h1-7,9-14H,8,15-18H2. The van der Waals surface area contributed by atoms with Crippen molar-refractivity contribution >= 4 is 5.78 Å². The lowest BCUT2D eigenvalue weighted by atomic mass is 9.70. The number of nitrogens with zero attached hydrogens (tertiary/aromatic N) is 1. The van der Waals surface area contributed by atoms with Gasteiger partial charge in [-0.2, -0.15) is 0 Å². The topological polar surface area (TPSA) is 61.6 Å². The number of ketones is 1. The van der Waals surface area contributed by atoms with E-state index in [9.17, 15) is 4.79 Å². The van der Waals surface area contributed by atoms with Crippen molar-refractivity contribution in [1.82, 2.24) is 5.16 Å². The number of carbonyl (C=O) groups excluding carboxylic acids is 1. The minimum atomic E-state index is -1.08. The van der Waals surface area contributed by atoms with Crippen molar-refractivity contribution in [3.63, 3.8) is 0 Å². The lowest BCUT2D eigenvalue weighted by molar-refractivity contribution is -0.0504. The van der Waals surface area contributed by atoms with Crippen molar-refractivity contribution in [2.24, 2.45) is 0 Å². The molecule has 2 aliphatic carbocycles. The SMILES string of the molecule is O=C1c2cccc(OCc3ccccc3)c2-c2noc3c2C1(OCc1ccccc1)CCC3. The predicted molar refractivity (Wildman–Crippen MR) is 123 cm³/mol. The number of fused-ring (bicyclic) bond motifs is 2. The lowest BCUT2D eigenvalue weighted by Gasteiger charge is -2.38. The second-order valence-electron chi connectivity index (χ2n) is 8.57. The van der Waals surface area contributed by atoms with Gasteiger partial charge in [0.05, 0.1) is 17.7 Å². The molecule has 0 amide bonds. The van der Waals surface area contributed by atoms with Crippen LogP contribution >= 0.6 is 0 Å². The number of ether oxygens (including phenoxy) is 2. The molecule has 1 atom stereocenters. The van der Waals surface area contributed by atoms with Gasteiger partial charge in [-0.15, -0.1) is 0 Å². The first-order chi connectivity index (χ1) is 16.3. The third-order valence-corrected chi connectivity index (χ3v) is 6.54. The van der Waals surface area contributed by atoms with E-state index in [2.05, 4.69) is 5.16 Å². The largest absolute Gasteiger partial charge is 0.488 e. The molecule has 0 saturated heterocycles. The fourth-order valence-corrected chi connectivity index (χ4v) is 4.96. The van der Waals surface area contributed by atoms with Gasteiger partial charge < -0.3 is 14.0 Å². The lowest BCUT2D eigenvalue weighted by Crippen LogP contribution is -2.44. The molecule has 5 nitrogen and oxygen atoms in total. The normalized spacial score (nSPS) is 18.5. The zero-order chi connectivity index (χ0) is 22.3. The maximum Gasteiger partial charge on any atom is 0.200 e. The summed E-state index contributed by atoms with van der Waals surface area (Å²) in [6.45, 7) is 0.747. The summed E-state index contributed by atoms with van der Waals surface area (Å²) >= 11 is 0. The summed E-state index contributed by atoms with van der Waals surface area (Å²) in [4.78, 5) is 14.0. The zero-order valence-corrected chi connectivity index (χ0v) is 18.1. The van der Waals surface area contributed by atoms with E-state index in [0.717, 1.165) is 35.3 Å². The molecule has 0 radical (unpaired) electrons. The molecule has 0 fully saturated rings. The third-order valence-electron chi connectivity index (χ3n) is 6.54. The summed E-state index contributed by atoms with van der Waals surface area (Å²) in [6.07, 6.45) is 2.16. The van der Waals surface area contributed by atoms with Gasteiger partial charge in [0.25, 0.3) is 0 Å². The number of Topliss-reactive ketones (excluding diaryl/α,β-unsaturated/α-hetero) is 1. The van der Waals surface area contributed by atoms with Gasteiger partial charge in [-0.1, -0.05) is 78.0 Å². The van der Waals surface area contributed by atoms with Crippen LogP contribution in [0.2, 0.25) is 0 Å². The van der Waals surface area contributed by atoms with Crippen LogP contribution in [0.1, 0.15) is 45.7 Å². The van der Waals surface area contributed by atoms with Gasteiger partial charge in [0.15, 0.2) is 11.4 Å². The van der Waals surface area contributed by atoms with Gasteiger partial charge in [-0.05, 0) is 30.0 Å². The molecule has 0 aliphatic heterocycles. The average molecular weight is 437 g/mol.